The van der Waals surface area contributed by atoms with Gasteiger partial charge in [-0.3, -0.25) is 14.9 Å². The SMILES string of the molecule is O=C(Nc1ccccc1Oc1ccccc1)c1cc2cc([N+](=O)[O-])ccc2s1. The van der Waals surface area contributed by atoms with Gasteiger partial charge < -0.3 is 10.1 Å². The average molecular weight is 390 g/mol. The molecule has 0 radical (unpaired) electrons. The Labute approximate surface area is 164 Å². The van der Waals surface area contributed by atoms with Crippen LogP contribution in [0.3, 0.4) is 0 Å². The van der Waals surface area contributed by atoms with Gasteiger partial charge in [0.05, 0.1) is 15.5 Å². The molecule has 1 N–H and O–H groups in total. The molecule has 0 saturated heterocycles. The summed E-state index contributed by atoms with van der Waals surface area (Å²) >= 11 is 1.28. The molecule has 1 aromatic heterocycles. The van der Waals surface area contributed by atoms with Crippen LogP contribution in [-0.4, -0.2) is 10.8 Å². The van der Waals surface area contributed by atoms with E-state index in [0.29, 0.717) is 27.4 Å². The fraction of sp³-hybridized carbons (Fsp3) is 0. The van der Waals surface area contributed by atoms with E-state index in [1.807, 2.05) is 42.5 Å². The normalized spacial score (nSPS) is 10.6. The summed E-state index contributed by atoms with van der Waals surface area (Å²) in [5.41, 5.74) is 0.540. The summed E-state index contributed by atoms with van der Waals surface area (Å²) in [4.78, 5) is 23.7. The zero-order valence-electron chi connectivity index (χ0n) is 14.5. The van der Waals surface area contributed by atoms with Crippen LogP contribution >= 0.6 is 11.3 Å². The number of amides is 1. The molecule has 0 saturated carbocycles. The predicted octanol–water partition coefficient (Wildman–Crippen LogP) is 5.85. The first-order chi connectivity index (χ1) is 13.6. The van der Waals surface area contributed by atoms with E-state index in [0.717, 1.165) is 4.70 Å². The lowest BCUT2D eigenvalue weighted by Gasteiger charge is -2.11. The molecule has 138 valence electrons. The van der Waals surface area contributed by atoms with Gasteiger partial charge in [-0.1, -0.05) is 30.3 Å². The van der Waals surface area contributed by atoms with Gasteiger partial charge in [-0.2, -0.15) is 0 Å². The lowest BCUT2D eigenvalue weighted by molar-refractivity contribution is -0.384. The van der Waals surface area contributed by atoms with Crippen LogP contribution in [0.4, 0.5) is 11.4 Å². The molecule has 0 aliphatic heterocycles. The molecule has 1 amide bonds. The van der Waals surface area contributed by atoms with Crippen molar-refractivity contribution in [3.05, 3.63) is 93.9 Å². The number of carbonyl (C=O) groups excluding carboxylic acids is 1. The smallest absolute Gasteiger partial charge is 0.270 e. The highest BCUT2D eigenvalue weighted by Gasteiger charge is 2.15. The van der Waals surface area contributed by atoms with Crippen LogP contribution in [0.2, 0.25) is 0 Å². The van der Waals surface area contributed by atoms with E-state index < -0.39 is 4.92 Å². The number of nitro benzene ring substituents is 1. The molecule has 0 aliphatic rings. The Balaban J connectivity index is 1.59. The molecule has 28 heavy (non-hydrogen) atoms. The van der Waals surface area contributed by atoms with Crippen LogP contribution in [0.1, 0.15) is 9.67 Å². The molecule has 1 heterocycles. The maximum Gasteiger partial charge on any atom is 0.270 e. The first-order valence-electron chi connectivity index (χ1n) is 8.41. The summed E-state index contributed by atoms with van der Waals surface area (Å²) in [6.45, 7) is 0. The number of carbonyl (C=O) groups is 1. The monoisotopic (exact) mass is 390 g/mol. The topological polar surface area (TPSA) is 81.5 Å². The summed E-state index contributed by atoms with van der Waals surface area (Å²) in [5, 5.41) is 14.5. The second-order valence-electron chi connectivity index (χ2n) is 5.96. The van der Waals surface area contributed by atoms with Crippen molar-refractivity contribution in [3.63, 3.8) is 0 Å². The molecule has 0 fully saturated rings. The number of nitrogens with one attached hydrogen (secondary N) is 1. The molecule has 4 aromatic rings. The zero-order valence-corrected chi connectivity index (χ0v) is 15.3. The molecule has 0 spiro atoms. The molecule has 7 heteroatoms. The molecule has 0 aliphatic carbocycles. The number of para-hydroxylation sites is 3. The molecular weight excluding hydrogens is 376 g/mol. The average Bonchev–Trinajstić information content (AvgIpc) is 3.14. The molecule has 4 rings (SSSR count). The minimum atomic E-state index is -0.450. The van der Waals surface area contributed by atoms with Crippen molar-refractivity contribution in [2.24, 2.45) is 0 Å². The van der Waals surface area contributed by atoms with E-state index in [1.165, 1.54) is 23.5 Å². The fourth-order valence-corrected chi connectivity index (χ4v) is 3.65. The molecular formula is C21H14N2O4S. The third-order valence-electron chi connectivity index (χ3n) is 4.04. The van der Waals surface area contributed by atoms with Crippen LogP contribution in [-0.2, 0) is 0 Å². The van der Waals surface area contributed by atoms with Gasteiger partial charge in [0.15, 0.2) is 5.75 Å². The van der Waals surface area contributed by atoms with Crippen molar-refractivity contribution in [2.45, 2.75) is 0 Å². The number of anilines is 1. The highest BCUT2D eigenvalue weighted by Crippen LogP contribution is 2.32. The minimum Gasteiger partial charge on any atom is -0.455 e. The van der Waals surface area contributed by atoms with E-state index in [1.54, 1.807) is 24.3 Å². The summed E-state index contributed by atoms with van der Waals surface area (Å²) < 4.78 is 6.67. The van der Waals surface area contributed by atoms with Crippen LogP contribution in [0, 0.1) is 10.1 Å². The maximum atomic E-state index is 12.7. The quantitative estimate of drug-likeness (QED) is 0.342. The van der Waals surface area contributed by atoms with Gasteiger partial charge in [0, 0.05) is 22.2 Å². The lowest BCUT2D eigenvalue weighted by Crippen LogP contribution is -2.10. The van der Waals surface area contributed by atoms with Gasteiger partial charge in [-0.05, 0) is 36.4 Å². The highest BCUT2D eigenvalue weighted by atomic mass is 32.1. The molecule has 0 unspecified atom stereocenters. The first-order valence-corrected chi connectivity index (χ1v) is 9.23. The fourth-order valence-electron chi connectivity index (χ4n) is 2.71. The van der Waals surface area contributed by atoms with Gasteiger partial charge in [-0.25, -0.2) is 0 Å². The number of fused-ring (bicyclic) bond motifs is 1. The Morgan fingerprint density at radius 3 is 2.50 bits per heavy atom. The molecule has 3 aromatic carbocycles. The third kappa shape index (κ3) is 3.70. The number of non-ortho nitro benzene ring substituents is 1. The molecule has 6 nitrogen and oxygen atoms in total. The van der Waals surface area contributed by atoms with Gasteiger partial charge >= 0.3 is 0 Å². The van der Waals surface area contributed by atoms with Crippen molar-refractivity contribution in [1.82, 2.24) is 0 Å². The van der Waals surface area contributed by atoms with E-state index in [4.69, 9.17) is 4.74 Å². The largest absolute Gasteiger partial charge is 0.455 e. The summed E-state index contributed by atoms with van der Waals surface area (Å²) in [6, 6.07) is 22.7. The lowest BCUT2D eigenvalue weighted by atomic mass is 10.2. The molecule has 0 bridgehead atoms. The van der Waals surface area contributed by atoms with Gasteiger partial charge in [0.2, 0.25) is 0 Å². The number of rotatable bonds is 5. The highest BCUT2D eigenvalue weighted by molar-refractivity contribution is 7.20. The summed E-state index contributed by atoms with van der Waals surface area (Å²) in [7, 11) is 0. The molecule has 0 atom stereocenters. The van der Waals surface area contributed by atoms with Gasteiger partial charge in [0.25, 0.3) is 11.6 Å². The minimum absolute atomic E-state index is 0.00105. The standard InChI is InChI=1S/C21H14N2O4S/c24-21(20-13-14-12-15(23(25)26)10-11-19(14)28-20)22-17-8-4-5-9-18(17)27-16-6-2-1-3-7-16/h1-13H,(H,22,24). The number of ether oxygens (including phenoxy) is 1. The Hall–Kier alpha value is -3.71. The van der Waals surface area contributed by atoms with Gasteiger partial charge in [-0.15, -0.1) is 11.3 Å². The second-order valence-corrected chi connectivity index (χ2v) is 7.04. The van der Waals surface area contributed by atoms with Crippen molar-refractivity contribution in [2.75, 3.05) is 5.32 Å². The number of nitro groups is 1. The number of benzene rings is 3. The number of hydrogen-bond donors (Lipinski definition) is 1. The van der Waals surface area contributed by atoms with Gasteiger partial charge in [0.1, 0.15) is 5.75 Å². The zero-order chi connectivity index (χ0) is 19.5. The number of hydrogen-bond acceptors (Lipinski definition) is 5. The van der Waals surface area contributed by atoms with Crippen molar-refractivity contribution in [3.8, 4) is 11.5 Å². The Morgan fingerprint density at radius 2 is 1.71 bits per heavy atom. The van der Waals surface area contributed by atoms with Crippen LogP contribution in [0.25, 0.3) is 10.1 Å². The Morgan fingerprint density at radius 1 is 0.964 bits per heavy atom. The summed E-state index contributed by atoms with van der Waals surface area (Å²) in [6.07, 6.45) is 0. The van der Waals surface area contributed by atoms with E-state index >= 15 is 0 Å². The predicted molar refractivity (Wildman–Crippen MR) is 109 cm³/mol. The van der Waals surface area contributed by atoms with E-state index in [2.05, 4.69) is 5.32 Å². The van der Waals surface area contributed by atoms with Crippen molar-refractivity contribution in [1.29, 1.82) is 0 Å². The Kier molecular flexibility index (Phi) is 4.74. The first kappa shape index (κ1) is 17.7. The van der Waals surface area contributed by atoms with Crippen LogP contribution < -0.4 is 10.1 Å². The maximum absolute atomic E-state index is 12.7. The summed E-state index contributed by atoms with van der Waals surface area (Å²) in [5.74, 6) is 0.894. The number of thiophene rings is 1. The second kappa shape index (κ2) is 7.50. The van der Waals surface area contributed by atoms with Crippen molar-refractivity contribution >= 4 is 38.7 Å². The third-order valence-corrected chi connectivity index (χ3v) is 5.16. The van der Waals surface area contributed by atoms with Crippen LogP contribution in [0.15, 0.2) is 78.9 Å². The number of nitrogens with zero attached hydrogens (tertiary/aromatic N) is 1. The van der Waals surface area contributed by atoms with Crippen LogP contribution in [0.5, 0.6) is 11.5 Å². The van der Waals surface area contributed by atoms with E-state index in [9.17, 15) is 14.9 Å². The van der Waals surface area contributed by atoms with Crippen molar-refractivity contribution < 1.29 is 14.5 Å². The Bertz CT molecular complexity index is 1170. The van der Waals surface area contributed by atoms with E-state index in [-0.39, 0.29) is 11.6 Å².